The van der Waals surface area contributed by atoms with Gasteiger partial charge in [-0.05, 0) is 42.7 Å². The van der Waals surface area contributed by atoms with Crippen LogP contribution in [0.1, 0.15) is 22.3 Å². The van der Waals surface area contributed by atoms with Crippen LogP contribution < -0.4 is 10.9 Å². The van der Waals surface area contributed by atoms with Crippen LogP contribution in [0.5, 0.6) is 0 Å². The van der Waals surface area contributed by atoms with Gasteiger partial charge < -0.3 is 9.73 Å². The fourth-order valence-electron chi connectivity index (χ4n) is 2.82. The molecule has 0 radical (unpaired) electrons. The summed E-state index contributed by atoms with van der Waals surface area (Å²) in [5, 5.41) is 3.29. The Kier molecular flexibility index (Phi) is 4.58. The van der Waals surface area contributed by atoms with Gasteiger partial charge in [0.05, 0.1) is 6.54 Å². The lowest BCUT2D eigenvalue weighted by Gasteiger charge is -2.08. The first kappa shape index (κ1) is 15.5. The van der Waals surface area contributed by atoms with Crippen LogP contribution in [0.2, 0.25) is 0 Å². The highest BCUT2D eigenvalue weighted by Crippen LogP contribution is 2.20. The zero-order chi connectivity index (χ0) is 16.2. The van der Waals surface area contributed by atoms with E-state index in [2.05, 4.69) is 42.6 Å². The molecule has 0 amide bonds. The summed E-state index contributed by atoms with van der Waals surface area (Å²) in [4.78, 5) is 11.8. The molecule has 0 saturated heterocycles. The van der Waals surface area contributed by atoms with Gasteiger partial charge in [-0.1, -0.05) is 30.3 Å². The first-order chi connectivity index (χ1) is 11.1. The number of rotatable bonds is 5. The van der Waals surface area contributed by atoms with Crippen LogP contribution in [0.25, 0.3) is 11.0 Å². The number of benzene rings is 2. The van der Waals surface area contributed by atoms with Crippen molar-refractivity contribution < 1.29 is 9.73 Å². The van der Waals surface area contributed by atoms with Gasteiger partial charge in [0, 0.05) is 23.4 Å². The standard InChI is InChI=1S/C20H21NO2/c1-14-10-18-17(12-20(22)23-19(18)11-15(14)2)13-21-9-8-16-6-4-3-5-7-16/h3-7,10-12,21H,8-9,13H2,1-2H3/p+1. The lowest BCUT2D eigenvalue weighted by atomic mass is 10.0. The molecule has 0 spiro atoms. The fraction of sp³-hybridized carbons (Fsp3) is 0.250. The van der Waals surface area contributed by atoms with Gasteiger partial charge in [-0.25, -0.2) is 4.79 Å². The van der Waals surface area contributed by atoms with Crippen LogP contribution in [-0.4, -0.2) is 6.54 Å². The monoisotopic (exact) mass is 308 g/mol. The molecule has 0 aliphatic carbocycles. The van der Waals surface area contributed by atoms with Crippen LogP contribution in [0, 0.1) is 13.8 Å². The van der Waals surface area contributed by atoms with E-state index in [9.17, 15) is 4.79 Å². The summed E-state index contributed by atoms with van der Waals surface area (Å²) >= 11 is 0. The molecule has 118 valence electrons. The van der Waals surface area contributed by atoms with E-state index in [4.69, 9.17) is 4.42 Å². The predicted octanol–water partition coefficient (Wildman–Crippen LogP) is 2.72. The number of hydrogen-bond acceptors (Lipinski definition) is 2. The summed E-state index contributed by atoms with van der Waals surface area (Å²) in [7, 11) is 0. The van der Waals surface area contributed by atoms with Gasteiger partial charge in [-0.2, -0.15) is 0 Å². The summed E-state index contributed by atoms with van der Waals surface area (Å²) < 4.78 is 5.34. The zero-order valence-electron chi connectivity index (χ0n) is 13.6. The maximum absolute atomic E-state index is 11.8. The quantitative estimate of drug-likeness (QED) is 0.582. The molecule has 0 unspecified atom stereocenters. The minimum atomic E-state index is -0.271. The normalized spacial score (nSPS) is 11.0. The van der Waals surface area contributed by atoms with E-state index >= 15 is 0 Å². The summed E-state index contributed by atoms with van der Waals surface area (Å²) in [5.74, 6) is 0. The highest BCUT2D eigenvalue weighted by Gasteiger charge is 2.09. The van der Waals surface area contributed by atoms with E-state index in [0.717, 1.165) is 36.0 Å². The first-order valence-corrected chi connectivity index (χ1v) is 8.03. The third-order valence-electron chi connectivity index (χ3n) is 4.29. The zero-order valence-corrected chi connectivity index (χ0v) is 13.6. The Morgan fingerprint density at radius 1 is 1.00 bits per heavy atom. The summed E-state index contributed by atoms with van der Waals surface area (Å²) in [5.41, 5.74) is 5.17. The molecule has 2 N–H and O–H groups in total. The molecular weight excluding hydrogens is 286 g/mol. The smallest absolute Gasteiger partial charge is 0.336 e. The van der Waals surface area contributed by atoms with E-state index in [1.165, 1.54) is 11.1 Å². The first-order valence-electron chi connectivity index (χ1n) is 8.03. The van der Waals surface area contributed by atoms with Crippen molar-refractivity contribution in [1.29, 1.82) is 0 Å². The largest absolute Gasteiger partial charge is 0.423 e. The Morgan fingerprint density at radius 2 is 1.74 bits per heavy atom. The van der Waals surface area contributed by atoms with Crippen molar-refractivity contribution in [3.8, 4) is 0 Å². The number of fused-ring (bicyclic) bond motifs is 1. The Morgan fingerprint density at radius 3 is 2.52 bits per heavy atom. The molecule has 2 aromatic carbocycles. The van der Waals surface area contributed by atoms with Crippen LogP contribution in [-0.2, 0) is 13.0 Å². The van der Waals surface area contributed by atoms with Gasteiger partial charge in [-0.15, -0.1) is 0 Å². The van der Waals surface area contributed by atoms with Gasteiger partial charge in [0.15, 0.2) is 0 Å². The molecule has 0 aliphatic heterocycles. The van der Waals surface area contributed by atoms with Gasteiger partial charge in [-0.3, -0.25) is 0 Å². The lowest BCUT2D eigenvalue weighted by molar-refractivity contribution is -0.670. The van der Waals surface area contributed by atoms with Gasteiger partial charge in [0.2, 0.25) is 0 Å². The van der Waals surface area contributed by atoms with E-state index in [1.54, 1.807) is 6.07 Å². The fourth-order valence-corrected chi connectivity index (χ4v) is 2.82. The minimum absolute atomic E-state index is 0.271. The van der Waals surface area contributed by atoms with Crippen molar-refractivity contribution in [3.05, 3.63) is 81.2 Å². The minimum Gasteiger partial charge on any atom is -0.423 e. The van der Waals surface area contributed by atoms with Crippen molar-refractivity contribution >= 4 is 11.0 Å². The molecule has 1 heterocycles. The molecule has 0 saturated carbocycles. The Hall–Kier alpha value is -2.39. The molecule has 3 nitrogen and oxygen atoms in total. The van der Waals surface area contributed by atoms with E-state index in [-0.39, 0.29) is 5.63 Å². The SMILES string of the molecule is Cc1cc2oc(=O)cc(C[NH2+]CCc3ccccc3)c2cc1C. The molecule has 3 aromatic rings. The maximum Gasteiger partial charge on any atom is 0.336 e. The van der Waals surface area contributed by atoms with Crippen LogP contribution >= 0.6 is 0 Å². The second kappa shape index (κ2) is 6.80. The number of nitrogens with two attached hydrogens (primary N) is 1. The maximum atomic E-state index is 11.8. The molecule has 0 fully saturated rings. The summed E-state index contributed by atoms with van der Waals surface area (Å²) in [6, 6.07) is 16.2. The van der Waals surface area contributed by atoms with Gasteiger partial charge in [0.25, 0.3) is 0 Å². The van der Waals surface area contributed by atoms with Crippen LogP contribution in [0.15, 0.2) is 57.7 Å². The topological polar surface area (TPSA) is 46.8 Å². The van der Waals surface area contributed by atoms with Crippen molar-refractivity contribution in [1.82, 2.24) is 0 Å². The molecule has 3 rings (SSSR count). The molecule has 0 atom stereocenters. The number of hydrogen-bond donors (Lipinski definition) is 1. The summed E-state index contributed by atoms with van der Waals surface area (Å²) in [6.45, 7) is 5.91. The van der Waals surface area contributed by atoms with Gasteiger partial charge >= 0.3 is 5.63 Å². The molecule has 3 heteroatoms. The molecule has 23 heavy (non-hydrogen) atoms. The predicted molar refractivity (Wildman–Crippen MR) is 92.6 cm³/mol. The average molecular weight is 308 g/mol. The Labute approximate surface area is 136 Å². The lowest BCUT2D eigenvalue weighted by Crippen LogP contribution is -2.83. The highest BCUT2D eigenvalue weighted by atomic mass is 16.4. The van der Waals surface area contributed by atoms with E-state index in [0.29, 0.717) is 5.58 Å². The third-order valence-corrected chi connectivity index (χ3v) is 4.29. The van der Waals surface area contributed by atoms with Crippen molar-refractivity contribution in [2.75, 3.05) is 6.54 Å². The number of quaternary nitrogens is 1. The Bertz CT molecular complexity index is 866. The second-order valence-corrected chi connectivity index (χ2v) is 6.04. The Balaban J connectivity index is 1.74. The van der Waals surface area contributed by atoms with Gasteiger partial charge in [0.1, 0.15) is 12.1 Å². The van der Waals surface area contributed by atoms with E-state index < -0.39 is 0 Å². The molecule has 0 bridgehead atoms. The average Bonchev–Trinajstić information content (AvgIpc) is 2.54. The van der Waals surface area contributed by atoms with Crippen LogP contribution in [0.4, 0.5) is 0 Å². The van der Waals surface area contributed by atoms with Crippen LogP contribution in [0.3, 0.4) is 0 Å². The molecular formula is C20H22NO2+. The summed E-state index contributed by atoms with van der Waals surface area (Å²) in [6.07, 6.45) is 1.03. The molecule has 1 aromatic heterocycles. The van der Waals surface area contributed by atoms with Crippen molar-refractivity contribution in [2.24, 2.45) is 0 Å². The highest BCUT2D eigenvalue weighted by molar-refractivity contribution is 5.81. The number of aryl methyl sites for hydroxylation is 2. The second-order valence-electron chi connectivity index (χ2n) is 6.04. The third kappa shape index (κ3) is 3.69. The van der Waals surface area contributed by atoms with E-state index in [1.807, 2.05) is 19.1 Å². The van der Waals surface area contributed by atoms with Crippen molar-refractivity contribution in [3.63, 3.8) is 0 Å². The van der Waals surface area contributed by atoms with Crippen molar-refractivity contribution in [2.45, 2.75) is 26.8 Å². The molecule has 0 aliphatic rings.